The summed E-state index contributed by atoms with van der Waals surface area (Å²) in [7, 11) is 0. The molecule has 2 aromatic carbocycles. The molecular formula is C41H39ClF6N4O4S4. The molecule has 8 nitrogen and oxygen atoms in total. The van der Waals surface area contributed by atoms with Crippen molar-refractivity contribution < 1.29 is 45.4 Å². The Morgan fingerprint density at radius 2 is 1.05 bits per heavy atom. The first-order valence-corrected chi connectivity index (χ1v) is 21.8. The monoisotopic (exact) mass is 928 g/mol. The van der Waals surface area contributed by atoms with Crippen LogP contribution in [0.3, 0.4) is 0 Å². The Kier molecular flexibility index (Phi) is 15.3. The van der Waals surface area contributed by atoms with Crippen LogP contribution in [0, 0.1) is 34.6 Å². The van der Waals surface area contributed by atoms with Crippen LogP contribution in [0.5, 0.6) is 11.5 Å². The van der Waals surface area contributed by atoms with E-state index in [1.54, 1.807) is 32.2 Å². The van der Waals surface area contributed by atoms with Crippen LogP contribution in [0.25, 0.3) is 21.4 Å². The van der Waals surface area contributed by atoms with Crippen molar-refractivity contribution in [2.45, 2.75) is 99.7 Å². The Labute approximate surface area is 363 Å². The fourth-order valence-corrected chi connectivity index (χ4v) is 9.30. The number of halogens is 7. The van der Waals surface area contributed by atoms with E-state index in [9.17, 15) is 35.9 Å². The molecule has 0 amide bonds. The van der Waals surface area contributed by atoms with Crippen molar-refractivity contribution in [1.82, 2.24) is 18.7 Å². The van der Waals surface area contributed by atoms with Crippen molar-refractivity contribution >= 4 is 68.9 Å². The molecule has 4 aromatic heterocycles. The fourth-order valence-electron chi connectivity index (χ4n) is 5.98. The van der Waals surface area contributed by atoms with Crippen molar-refractivity contribution in [3.8, 4) is 32.9 Å². The topological polar surface area (TPSA) is 104 Å². The summed E-state index contributed by atoms with van der Waals surface area (Å²) in [6.07, 6.45) is -3.93. The average molecular weight is 929 g/mol. The predicted molar refractivity (Wildman–Crippen MR) is 225 cm³/mol. The molecule has 60 heavy (non-hydrogen) atoms. The smallest absolute Gasteiger partial charge is 0.427 e. The predicted octanol–water partition coefficient (Wildman–Crippen LogP) is 13.0. The molecule has 0 spiro atoms. The molecule has 0 aliphatic carbocycles. The van der Waals surface area contributed by atoms with Crippen LogP contribution in [-0.2, 0) is 48.0 Å². The first-order chi connectivity index (χ1) is 28.1. The van der Waals surface area contributed by atoms with Gasteiger partial charge >= 0.3 is 12.4 Å². The summed E-state index contributed by atoms with van der Waals surface area (Å²) in [5.41, 5.74) is 5.95. The Morgan fingerprint density at radius 1 is 0.633 bits per heavy atom. The van der Waals surface area contributed by atoms with Gasteiger partial charge in [-0.15, -0.1) is 22.7 Å². The van der Waals surface area contributed by atoms with Crippen LogP contribution >= 0.6 is 57.3 Å². The van der Waals surface area contributed by atoms with Gasteiger partial charge < -0.3 is 19.1 Å². The van der Waals surface area contributed by atoms with Gasteiger partial charge in [-0.1, -0.05) is 23.7 Å². The molecule has 0 unspecified atom stereocenters. The number of benzene rings is 2. The normalized spacial score (nSPS) is 11.7. The van der Waals surface area contributed by atoms with E-state index in [2.05, 4.69) is 18.7 Å². The Balaban J connectivity index is 0.000000228. The van der Waals surface area contributed by atoms with Gasteiger partial charge in [-0.2, -0.15) is 35.1 Å². The number of rotatable bonds is 14. The van der Waals surface area contributed by atoms with Gasteiger partial charge in [0.15, 0.2) is 0 Å². The van der Waals surface area contributed by atoms with E-state index >= 15 is 0 Å². The Morgan fingerprint density at radius 3 is 1.40 bits per heavy atom. The third kappa shape index (κ3) is 11.6. The summed E-state index contributed by atoms with van der Waals surface area (Å²) in [5.74, 6) is 1.22. The van der Waals surface area contributed by atoms with E-state index in [-0.39, 0.29) is 47.3 Å². The number of nitrogens with zero attached hydrogens (tertiary/aromatic N) is 4. The highest BCUT2D eigenvalue weighted by Gasteiger charge is 2.39. The SMILES string of the molecule is CC(=O)CCc1ccc(OCc2c(-c3ncc(C)s3)nsc2C(F)(F)F)c(C)c1C.CC(=O)CCc1ccc(OCc2c(-c3ncc(Cl)s3)nsc2C(F)(F)F)c(C)c1C. The molecule has 0 fully saturated rings. The van der Waals surface area contributed by atoms with Crippen LogP contribution in [-0.4, -0.2) is 30.3 Å². The van der Waals surface area contributed by atoms with Gasteiger partial charge in [0.1, 0.15) is 71.8 Å². The van der Waals surface area contributed by atoms with E-state index in [1.165, 1.54) is 17.5 Å². The van der Waals surface area contributed by atoms with E-state index in [1.807, 2.05) is 46.8 Å². The molecule has 19 heteroatoms. The Bertz CT molecular complexity index is 2320. The van der Waals surface area contributed by atoms with E-state index in [0.29, 0.717) is 74.6 Å². The largest absolute Gasteiger partial charge is 0.488 e. The summed E-state index contributed by atoms with van der Waals surface area (Å²) in [6.45, 7) is 11.9. The minimum Gasteiger partial charge on any atom is -0.488 e. The second kappa shape index (κ2) is 19.6. The zero-order chi connectivity index (χ0) is 44.1. The third-order valence-corrected chi connectivity index (χ3v) is 13.4. The van der Waals surface area contributed by atoms with Gasteiger partial charge in [0, 0.05) is 35.0 Å². The number of ketones is 2. The molecule has 6 rings (SSSR count). The lowest BCUT2D eigenvalue weighted by Crippen LogP contribution is -2.09. The molecule has 0 N–H and O–H groups in total. The highest BCUT2D eigenvalue weighted by Crippen LogP contribution is 2.43. The standard InChI is InChI=1S/C21H21F3N2O2S2.C20H18ClF3N2O2S2/c1-11(27)5-6-15-7-8-17(14(4)13(15)3)28-10-16-18(20-25-9-12(2)29-20)26-30-19(16)21(22,23)24;1-10(27)4-5-13-6-7-15(12(3)11(13)2)28-9-14-17(19-25-8-16(21)29-19)26-30-18(14)20(22,23)24/h7-9H,5-6,10H2,1-4H3;6-8H,4-5,9H2,1-3H3. The zero-order valence-electron chi connectivity index (χ0n) is 33.4. The molecule has 0 aliphatic rings. The van der Waals surface area contributed by atoms with E-state index in [0.717, 1.165) is 49.6 Å². The van der Waals surface area contributed by atoms with Crippen molar-refractivity contribution in [2.75, 3.05) is 0 Å². The van der Waals surface area contributed by atoms with Crippen LogP contribution in [0.4, 0.5) is 26.3 Å². The number of carbonyl (C=O) groups excluding carboxylic acids is 2. The van der Waals surface area contributed by atoms with Gasteiger partial charge in [-0.05, 0) is 130 Å². The van der Waals surface area contributed by atoms with E-state index in [4.69, 9.17) is 21.1 Å². The summed E-state index contributed by atoms with van der Waals surface area (Å²) >= 11 is 9.05. The van der Waals surface area contributed by atoms with E-state index < -0.39 is 22.1 Å². The quantitative estimate of drug-likeness (QED) is 0.0995. The molecule has 0 saturated heterocycles. The van der Waals surface area contributed by atoms with Crippen molar-refractivity contribution in [2.24, 2.45) is 0 Å². The molecule has 320 valence electrons. The van der Waals surface area contributed by atoms with Crippen molar-refractivity contribution in [3.05, 3.63) is 100 Å². The number of hydrogen-bond donors (Lipinski definition) is 0. The average Bonchev–Trinajstić information content (AvgIpc) is 3.98. The molecule has 0 bridgehead atoms. The number of aromatic nitrogens is 4. The highest BCUT2D eigenvalue weighted by molar-refractivity contribution is 7.19. The minimum absolute atomic E-state index is 0.000408. The number of hydrogen-bond acceptors (Lipinski definition) is 12. The molecular weight excluding hydrogens is 890 g/mol. The molecule has 0 aliphatic heterocycles. The second-order valence-electron chi connectivity index (χ2n) is 13.8. The first kappa shape index (κ1) is 46.8. The Hall–Kier alpha value is -4.23. The zero-order valence-corrected chi connectivity index (χ0v) is 37.4. The lowest BCUT2D eigenvalue weighted by molar-refractivity contribution is -0.136. The maximum atomic E-state index is 13.5. The number of carbonyl (C=O) groups is 2. The minimum atomic E-state index is -4.54. The van der Waals surface area contributed by atoms with Crippen LogP contribution < -0.4 is 9.47 Å². The number of thiazole rings is 2. The van der Waals surface area contributed by atoms with Crippen LogP contribution in [0.1, 0.15) is 85.8 Å². The number of aryl methyl sites for hydroxylation is 3. The fraction of sp³-hybridized carbons (Fsp3) is 0.366. The van der Waals surface area contributed by atoms with Crippen LogP contribution in [0.15, 0.2) is 36.7 Å². The van der Waals surface area contributed by atoms with Gasteiger partial charge in [-0.25, -0.2) is 9.97 Å². The lowest BCUT2D eigenvalue weighted by atomic mass is 9.98. The van der Waals surface area contributed by atoms with Crippen molar-refractivity contribution in [1.29, 1.82) is 0 Å². The third-order valence-electron chi connectivity index (χ3n) is 9.53. The number of Topliss-reactive ketones (excluding diaryl/α,β-unsaturated/α-hetero) is 2. The maximum Gasteiger partial charge on any atom is 0.427 e. The summed E-state index contributed by atoms with van der Waals surface area (Å²) in [6, 6.07) is 7.18. The van der Waals surface area contributed by atoms with Crippen molar-refractivity contribution in [3.63, 3.8) is 0 Å². The molecule has 6 aromatic rings. The van der Waals surface area contributed by atoms with Gasteiger partial charge in [-0.3, -0.25) is 0 Å². The van der Waals surface area contributed by atoms with Crippen LogP contribution in [0.2, 0.25) is 4.34 Å². The summed E-state index contributed by atoms with van der Waals surface area (Å²) in [4.78, 5) is 30.1. The molecule has 4 heterocycles. The highest BCUT2D eigenvalue weighted by atomic mass is 35.5. The summed E-state index contributed by atoms with van der Waals surface area (Å²) in [5, 5.41) is 0.767. The van der Waals surface area contributed by atoms with Gasteiger partial charge in [0.25, 0.3) is 0 Å². The first-order valence-electron chi connectivity index (χ1n) is 18.2. The number of ether oxygens (including phenoxy) is 2. The summed E-state index contributed by atoms with van der Waals surface area (Å²) < 4.78 is 101. The second-order valence-corrected chi connectivity index (χ2v) is 18.3. The van der Waals surface area contributed by atoms with Gasteiger partial charge in [0.05, 0.1) is 6.20 Å². The molecule has 0 saturated carbocycles. The molecule has 0 atom stereocenters. The lowest BCUT2D eigenvalue weighted by Gasteiger charge is -2.15. The maximum absolute atomic E-state index is 13.5. The van der Waals surface area contributed by atoms with Gasteiger partial charge in [0.2, 0.25) is 0 Å². The molecule has 0 radical (unpaired) electrons. The number of alkyl halides is 6.